The molecule has 0 spiro atoms. The second-order valence-electron chi connectivity index (χ2n) is 5.36. The zero-order valence-electron chi connectivity index (χ0n) is 12.2. The van der Waals surface area contributed by atoms with Crippen LogP contribution in [0.4, 0.5) is 0 Å². The summed E-state index contributed by atoms with van der Waals surface area (Å²) in [5.41, 5.74) is -0.154. The highest BCUT2D eigenvalue weighted by molar-refractivity contribution is 7.89. The molecule has 1 unspecified atom stereocenters. The quantitative estimate of drug-likeness (QED) is 0.907. The summed E-state index contributed by atoms with van der Waals surface area (Å²) in [6, 6.07) is 5.82. The fourth-order valence-corrected chi connectivity index (χ4v) is 4.82. The summed E-state index contributed by atoms with van der Waals surface area (Å²) in [5.74, 6) is -1.21. The van der Waals surface area contributed by atoms with Crippen LogP contribution in [0.5, 0.6) is 0 Å². The van der Waals surface area contributed by atoms with Gasteiger partial charge in [-0.3, -0.25) is 0 Å². The molecule has 2 rings (SSSR count). The third kappa shape index (κ3) is 3.27. The van der Waals surface area contributed by atoms with Gasteiger partial charge < -0.3 is 5.11 Å². The number of benzene rings is 1. The van der Waals surface area contributed by atoms with E-state index in [2.05, 4.69) is 0 Å². The minimum absolute atomic E-state index is 0.0180. The Morgan fingerprint density at radius 1 is 1.33 bits per heavy atom. The van der Waals surface area contributed by atoms with Crippen molar-refractivity contribution in [2.75, 3.05) is 6.54 Å². The number of sulfonamides is 1. The number of nitrogens with zero attached hydrogens (tertiary/aromatic N) is 1. The summed E-state index contributed by atoms with van der Waals surface area (Å²) in [6.45, 7) is 2.51. The Kier molecular flexibility index (Phi) is 5.00. The van der Waals surface area contributed by atoms with Gasteiger partial charge in [0.1, 0.15) is 0 Å². The van der Waals surface area contributed by atoms with Gasteiger partial charge in [-0.05, 0) is 31.4 Å². The summed E-state index contributed by atoms with van der Waals surface area (Å²) < 4.78 is 27.2. The van der Waals surface area contributed by atoms with Gasteiger partial charge in [-0.2, -0.15) is 4.31 Å². The van der Waals surface area contributed by atoms with Gasteiger partial charge in [-0.25, -0.2) is 13.2 Å². The lowest BCUT2D eigenvalue weighted by atomic mass is 10.0. The third-order valence-electron chi connectivity index (χ3n) is 3.90. The van der Waals surface area contributed by atoms with Crippen molar-refractivity contribution in [1.82, 2.24) is 4.31 Å². The number of carbonyl (C=O) groups is 1. The SMILES string of the molecule is CCCC1CCCCN1S(=O)(=O)c1ccccc1C(=O)O. The Morgan fingerprint density at radius 3 is 2.71 bits per heavy atom. The van der Waals surface area contributed by atoms with Gasteiger partial charge in [-0.15, -0.1) is 0 Å². The van der Waals surface area contributed by atoms with Crippen LogP contribution in [0.2, 0.25) is 0 Å². The van der Waals surface area contributed by atoms with Crippen molar-refractivity contribution in [2.24, 2.45) is 0 Å². The second-order valence-corrected chi connectivity index (χ2v) is 7.21. The van der Waals surface area contributed by atoms with Crippen LogP contribution in [-0.4, -0.2) is 36.4 Å². The van der Waals surface area contributed by atoms with Crippen molar-refractivity contribution in [3.05, 3.63) is 29.8 Å². The normalized spacial score (nSPS) is 20.3. The largest absolute Gasteiger partial charge is 0.478 e. The van der Waals surface area contributed by atoms with Crippen molar-refractivity contribution in [1.29, 1.82) is 0 Å². The molecule has 5 nitrogen and oxygen atoms in total. The van der Waals surface area contributed by atoms with E-state index in [0.29, 0.717) is 6.54 Å². The zero-order chi connectivity index (χ0) is 15.5. The number of carboxylic acid groups (broad SMARTS) is 1. The standard InChI is InChI=1S/C15H21NO4S/c1-2-7-12-8-5-6-11-16(12)21(19,20)14-10-4-3-9-13(14)15(17)18/h3-4,9-10,12H,2,5-8,11H2,1H3,(H,17,18). The molecule has 6 heteroatoms. The van der Waals surface area contributed by atoms with Crippen LogP contribution in [-0.2, 0) is 10.0 Å². The number of aromatic carboxylic acids is 1. The van der Waals surface area contributed by atoms with Gasteiger partial charge in [0.05, 0.1) is 10.5 Å². The summed E-state index contributed by atoms with van der Waals surface area (Å²) in [4.78, 5) is 11.2. The van der Waals surface area contributed by atoms with Crippen molar-refractivity contribution in [3.8, 4) is 0 Å². The summed E-state index contributed by atoms with van der Waals surface area (Å²) in [7, 11) is -3.76. The topological polar surface area (TPSA) is 74.7 Å². The molecule has 1 aromatic rings. The lowest BCUT2D eigenvalue weighted by molar-refractivity contribution is 0.0692. The van der Waals surface area contributed by atoms with E-state index in [9.17, 15) is 18.3 Å². The molecule has 1 N–H and O–H groups in total. The van der Waals surface area contributed by atoms with Crippen LogP contribution in [0, 0.1) is 0 Å². The summed E-state index contributed by atoms with van der Waals surface area (Å²) in [6.07, 6.45) is 4.43. The molecule has 0 saturated carbocycles. The van der Waals surface area contributed by atoms with E-state index in [4.69, 9.17) is 0 Å². The van der Waals surface area contributed by atoms with E-state index in [1.165, 1.54) is 16.4 Å². The molecule has 1 aromatic carbocycles. The maximum absolute atomic E-state index is 12.9. The van der Waals surface area contributed by atoms with Crippen LogP contribution in [0.1, 0.15) is 49.4 Å². The van der Waals surface area contributed by atoms with Crippen molar-refractivity contribution < 1.29 is 18.3 Å². The smallest absolute Gasteiger partial charge is 0.337 e. The van der Waals surface area contributed by atoms with E-state index >= 15 is 0 Å². The molecule has 1 fully saturated rings. The van der Waals surface area contributed by atoms with E-state index in [0.717, 1.165) is 32.1 Å². The molecule has 1 aliphatic rings. The first kappa shape index (κ1) is 16.0. The lowest BCUT2D eigenvalue weighted by Crippen LogP contribution is -2.43. The molecule has 0 bridgehead atoms. The first-order valence-corrected chi connectivity index (χ1v) is 8.76. The highest BCUT2D eigenvalue weighted by Crippen LogP contribution is 2.29. The van der Waals surface area contributed by atoms with Crippen LogP contribution < -0.4 is 0 Å². The third-order valence-corrected chi connectivity index (χ3v) is 5.91. The number of piperidine rings is 1. The van der Waals surface area contributed by atoms with Gasteiger partial charge >= 0.3 is 5.97 Å². The Hall–Kier alpha value is -1.40. The first-order chi connectivity index (χ1) is 9.98. The molecule has 0 aromatic heterocycles. The van der Waals surface area contributed by atoms with Gasteiger partial charge in [0.2, 0.25) is 10.0 Å². The highest BCUT2D eigenvalue weighted by Gasteiger charge is 2.35. The van der Waals surface area contributed by atoms with Gasteiger partial charge in [0.15, 0.2) is 0 Å². The molecule has 1 atom stereocenters. The predicted octanol–water partition coefficient (Wildman–Crippen LogP) is 2.73. The molecule has 1 aliphatic heterocycles. The van der Waals surface area contributed by atoms with Gasteiger partial charge in [0, 0.05) is 12.6 Å². The van der Waals surface area contributed by atoms with Crippen LogP contribution in [0.15, 0.2) is 29.2 Å². The summed E-state index contributed by atoms with van der Waals surface area (Å²) >= 11 is 0. The van der Waals surface area contributed by atoms with Crippen molar-refractivity contribution in [2.45, 2.75) is 50.0 Å². The van der Waals surface area contributed by atoms with Crippen LogP contribution >= 0.6 is 0 Å². The zero-order valence-corrected chi connectivity index (χ0v) is 13.0. The van der Waals surface area contributed by atoms with Crippen LogP contribution in [0.3, 0.4) is 0 Å². The molecular formula is C15H21NO4S. The highest BCUT2D eigenvalue weighted by atomic mass is 32.2. The first-order valence-electron chi connectivity index (χ1n) is 7.32. The van der Waals surface area contributed by atoms with Crippen LogP contribution in [0.25, 0.3) is 0 Å². The second kappa shape index (κ2) is 6.58. The number of rotatable bonds is 5. The number of carboxylic acids is 1. The minimum atomic E-state index is -3.76. The maximum atomic E-state index is 12.9. The fraction of sp³-hybridized carbons (Fsp3) is 0.533. The molecule has 1 saturated heterocycles. The van der Waals surface area contributed by atoms with E-state index in [-0.39, 0.29) is 16.5 Å². The maximum Gasteiger partial charge on any atom is 0.337 e. The molecule has 0 amide bonds. The Labute approximate surface area is 125 Å². The van der Waals surface area contributed by atoms with E-state index in [1.54, 1.807) is 12.1 Å². The molecule has 0 aliphatic carbocycles. The monoisotopic (exact) mass is 311 g/mol. The van der Waals surface area contributed by atoms with Crippen molar-refractivity contribution >= 4 is 16.0 Å². The molecule has 0 radical (unpaired) electrons. The van der Waals surface area contributed by atoms with Gasteiger partial charge in [-0.1, -0.05) is 31.9 Å². The Balaban J connectivity index is 2.43. The molecule has 1 heterocycles. The Bertz CT molecular complexity index is 610. The average molecular weight is 311 g/mol. The lowest BCUT2D eigenvalue weighted by Gasteiger charge is -2.34. The molecular weight excluding hydrogens is 290 g/mol. The molecule has 116 valence electrons. The van der Waals surface area contributed by atoms with E-state index in [1.807, 2.05) is 6.92 Å². The van der Waals surface area contributed by atoms with E-state index < -0.39 is 16.0 Å². The van der Waals surface area contributed by atoms with Crippen molar-refractivity contribution in [3.63, 3.8) is 0 Å². The van der Waals surface area contributed by atoms with Gasteiger partial charge in [0.25, 0.3) is 0 Å². The minimum Gasteiger partial charge on any atom is -0.478 e. The fourth-order valence-electron chi connectivity index (χ4n) is 2.91. The predicted molar refractivity (Wildman–Crippen MR) is 79.8 cm³/mol. The number of hydrogen-bond donors (Lipinski definition) is 1. The Morgan fingerprint density at radius 2 is 2.05 bits per heavy atom. The number of hydrogen-bond acceptors (Lipinski definition) is 3. The summed E-state index contributed by atoms with van der Waals surface area (Å²) in [5, 5.41) is 9.21. The molecule has 21 heavy (non-hydrogen) atoms. The average Bonchev–Trinajstić information content (AvgIpc) is 2.48.